The van der Waals surface area contributed by atoms with Gasteiger partial charge in [-0.1, -0.05) is 34.1 Å². The second-order valence-corrected chi connectivity index (χ2v) is 4.94. The van der Waals surface area contributed by atoms with Gasteiger partial charge in [-0.25, -0.2) is 10.4 Å². The molecule has 1 unspecified atom stereocenters. The molecule has 0 saturated carbocycles. The Morgan fingerprint density at radius 3 is 2.89 bits per heavy atom. The van der Waals surface area contributed by atoms with Gasteiger partial charge in [0.05, 0.1) is 6.04 Å². The van der Waals surface area contributed by atoms with Gasteiger partial charge in [-0.3, -0.25) is 5.84 Å². The van der Waals surface area contributed by atoms with Crippen LogP contribution in [0.4, 0.5) is 0 Å². The number of aromatic nitrogens is 2. The van der Waals surface area contributed by atoms with Gasteiger partial charge >= 0.3 is 0 Å². The molecule has 1 aromatic heterocycles. The van der Waals surface area contributed by atoms with Crippen molar-refractivity contribution >= 4 is 15.9 Å². The summed E-state index contributed by atoms with van der Waals surface area (Å²) < 4.78 is 3.20. The Morgan fingerprint density at radius 1 is 1.44 bits per heavy atom. The first-order valence-corrected chi connectivity index (χ1v) is 6.76. The molecule has 5 heteroatoms. The van der Waals surface area contributed by atoms with Crippen LogP contribution in [-0.4, -0.2) is 9.55 Å². The molecule has 2 rings (SSSR count). The highest BCUT2D eigenvalue weighted by molar-refractivity contribution is 9.10. The molecular formula is C13H17BrN4. The van der Waals surface area contributed by atoms with Crippen molar-refractivity contribution in [3.05, 3.63) is 52.5 Å². The smallest absolute Gasteiger partial charge is 0.127 e. The minimum atomic E-state index is 0.0126. The van der Waals surface area contributed by atoms with E-state index in [2.05, 4.69) is 43.9 Å². The predicted molar refractivity (Wildman–Crippen MR) is 75.8 cm³/mol. The predicted octanol–water partition coefficient (Wildman–Crippen LogP) is 2.41. The molecule has 1 aromatic carbocycles. The van der Waals surface area contributed by atoms with Gasteiger partial charge in [0.25, 0.3) is 0 Å². The van der Waals surface area contributed by atoms with Crippen LogP contribution < -0.4 is 11.3 Å². The number of benzene rings is 1. The largest absolute Gasteiger partial charge is 0.334 e. The highest BCUT2D eigenvalue weighted by Gasteiger charge is 2.16. The minimum Gasteiger partial charge on any atom is -0.334 e. The minimum absolute atomic E-state index is 0.0126. The van der Waals surface area contributed by atoms with Crippen LogP contribution in [-0.2, 0) is 13.0 Å². The third-order valence-electron chi connectivity index (χ3n) is 2.98. The fraction of sp³-hybridized carbons (Fsp3) is 0.308. The fourth-order valence-corrected chi connectivity index (χ4v) is 2.45. The fourth-order valence-electron chi connectivity index (χ4n) is 2.01. The summed E-state index contributed by atoms with van der Waals surface area (Å²) in [6, 6.07) is 8.17. The first-order valence-electron chi connectivity index (χ1n) is 5.96. The van der Waals surface area contributed by atoms with Crippen molar-refractivity contribution in [3.63, 3.8) is 0 Å². The van der Waals surface area contributed by atoms with Crippen molar-refractivity contribution in [2.75, 3.05) is 0 Å². The number of halogens is 1. The molecule has 0 aliphatic rings. The Bertz CT molecular complexity index is 509. The monoisotopic (exact) mass is 308 g/mol. The molecule has 1 heterocycles. The zero-order valence-electron chi connectivity index (χ0n) is 10.3. The molecule has 0 aliphatic heterocycles. The number of hydrogen-bond acceptors (Lipinski definition) is 3. The summed E-state index contributed by atoms with van der Waals surface area (Å²) in [6.07, 6.45) is 4.58. The number of nitrogens with two attached hydrogens (primary N) is 1. The van der Waals surface area contributed by atoms with E-state index in [-0.39, 0.29) is 6.04 Å². The summed E-state index contributed by atoms with van der Waals surface area (Å²) >= 11 is 3.56. The normalized spacial score (nSPS) is 12.6. The number of rotatable bonds is 5. The third kappa shape index (κ3) is 2.80. The lowest BCUT2D eigenvalue weighted by molar-refractivity contribution is 0.495. The van der Waals surface area contributed by atoms with E-state index in [0.717, 1.165) is 23.3 Å². The Labute approximate surface area is 115 Å². The van der Waals surface area contributed by atoms with Gasteiger partial charge in [-0.05, 0) is 25.0 Å². The molecule has 0 amide bonds. The molecule has 2 aromatic rings. The number of hydrogen-bond donors (Lipinski definition) is 2. The second kappa shape index (κ2) is 6.13. The van der Waals surface area contributed by atoms with Gasteiger partial charge in [0.15, 0.2) is 0 Å². The van der Waals surface area contributed by atoms with Crippen LogP contribution in [0.15, 0.2) is 41.1 Å². The van der Waals surface area contributed by atoms with Crippen molar-refractivity contribution in [1.29, 1.82) is 0 Å². The summed E-state index contributed by atoms with van der Waals surface area (Å²) in [5, 5.41) is 0. The van der Waals surface area contributed by atoms with Gasteiger partial charge in [-0.15, -0.1) is 0 Å². The Kier molecular flexibility index (Phi) is 4.52. The quantitative estimate of drug-likeness (QED) is 0.659. The van der Waals surface area contributed by atoms with Crippen molar-refractivity contribution in [2.45, 2.75) is 25.9 Å². The van der Waals surface area contributed by atoms with Crippen LogP contribution in [0.3, 0.4) is 0 Å². The van der Waals surface area contributed by atoms with Crippen molar-refractivity contribution in [1.82, 2.24) is 15.0 Å². The van der Waals surface area contributed by atoms with Crippen LogP contribution in [0, 0.1) is 0 Å². The van der Waals surface area contributed by atoms with Crippen LogP contribution in [0.1, 0.15) is 24.4 Å². The van der Waals surface area contributed by atoms with E-state index in [0.29, 0.717) is 0 Å². The first-order chi connectivity index (χ1) is 8.76. The van der Waals surface area contributed by atoms with E-state index in [1.165, 1.54) is 5.56 Å². The summed E-state index contributed by atoms with van der Waals surface area (Å²) in [7, 11) is 0. The summed E-state index contributed by atoms with van der Waals surface area (Å²) in [5.74, 6) is 6.64. The van der Waals surface area contributed by atoms with E-state index < -0.39 is 0 Å². The highest BCUT2D eigenvalue weighted by Crippen LogP contribution is 2.22. The van der Waals surface area contributed by atoms with E-state index in [1.807, 2.05) is 30.6 Å². The van der Waals surface area contributed by atoms with Crippen molar-refractivity contribution in [2.24, 2.45) is 5.84 Å². The Hall–Kier alpha value is -1.17. The first kappa shape index (κ1) is 13.3. The van der Waals surface area contributed by atoms with Crippen molar-refractivity contribution < 1.29 is 0 Å². The van der Waals surface area contributed by atoms with E-state index in [1.54, 1.807) is 0 Å². The number of nitrogens with one attached hydrogen (secondary N) is 1. The van der Waals surface area contributed by atoms with Crippen LogP contribution >= 0.6 is 15.9 Å². The van der Waals surface area contributed by atoms with Crippen LogP contribution in [0.25, 0.3) is 0 Å². The van der Waals surface area contributed by atoms with Crippen molar-refractivity contribution in [3.8, 4) is 0 Å². The average molecular weight is 309 g/mol. The van der Waals surface area contributed by atoms with Gasteiger partial charge in [0.2, 0.25) is 0 Å². The highest BCUT2D eigenvalue weighted by atomic mass is 79.9. The zero-order valence-corrected chi connectivity index (χ0v) is 11.9. The summed E-state index contributed by atoms with van der Waals surface area (Å²) in [4.78, 5) is 4.39. The molecule has 3 N–H and O–H groups in total. The maximum atomic E-state index is 5.67. The lowest BCUT2D eigenvalue weighted by Gasteiger charge is -2.17. The molecule has 96 valence electrons. The van der Waals surface area contributed by atoms with Crippen LogP contribution in [0.5, 0.6) is 0 Å². The Morgan fingerprint density at radius 2 is 2.22 bits per heavy atom. The zero-order chi connectivity index (χ0) is 13.0. The molecule has 1 atom stereocenters. The number of imidazole rings is 1. The van der Waals surface area contributed by atoms with Gasteiger partial charge in [0, 0.05) is 23.4 Å². The summed E-state index contributed by atoms with van der Waals surface area (Å²) in [6.45, 7) is 2.99. The SMILES string of the molecule is CCn1ccnc1C(Cc1ccccc1Br)NN. The van der Waals surface area contributed by atoms with Gasteiger partial charge < -0.3 is 4.57 Å². The number of nitrogens with zero attached hydrogens (tertiary/aromatic N) is 2. The van der Waals surface area contributed by atoms with Gasteiger partial charge in [-0.2, -0.15) is 0 Å². The molecule has 0 bridgehead atoms. The molecule has 0 aliphatic carbocycles. The van der Waals surface area contributed by atoms with Crippen LogP contribution in [0.2, 0.25) is 0 Å². The summed E-state index contributed by atoms with van der Waals surface area (Å²) in [5.41, 5.74) is 4.06. The molecule has 0 saturated heterocycles. The second-order valence-electron chi connectivity index (χ2n) is 4.09. The number of aryl methyl sites for hydroxylation is 1. The molecular weight excluding hydrogens is 292 g/mol. The molecule has 4 nitrogen and oxygen atoms in total. The molecule has 18 heavy (non-hydrogen) atoms. The molecule has 0 fully saturated rings. The van der Waals surface area contributed by atoms with E-state index in [9.17, 15) is 0 Å². The average Bonchev–Trinajstić information content (AvgIpc) is 2.86. The van der Waals surface area contributed by atoms with Gasteiger partial charge in [0.1, 0.15) is 5.82 Å². The lowest BCUT2D eigenvalue weighted by atomic mass is 10.1. The lowest BCUT2D eigenvalue weighted by Crippen LogP contribution is -2.31. The topological polar surface area (TPSA) is 55.9 Å². The standard InChI is InChI=1S/C13H17BrN4/c1-2-18-8-7-16-13(18)12(17-15)9-10-5-3-4-6-11(10)14/h3-8,12,17H,2,9,15H2,1H3. The molecule has 0 radical (unpaired) electrons. The molecule has 0 spiro atoms. The Balaban J connectivity index is 2.23. The third-order valence-corrected chi connectivity index (χ3v) is 3.76. The maximum absolute atomic E-state index is 5.67. The number of hydrazine groups is 1. The maximum Gasteiger partial charge on any atom is 0.127 e. The van der Waals surface area contributed by atoms with E-state index >= 15 is 0 Å². The van der Waals surface area contributed by atoms with E-state index in [4.69, 9.17) is 5.84 Å².